The van der Waals surface area contributed by atoms with Crippen LogP contribution >= 0.6 is 0 Å². The summed E-state index contributed by atoms with van der Waals surface area (Å²) >= 11 is 0. The van der Waals surface area contributed by atoms with E-state index in [2.05, 4.69) is 64.9 Å². The van der Waals surface area contributed by atoms with Crippen molar-refractivity contribution in [3.8, 4) is 11.4 Å². The van der Waals surface area contributed by atoms with Gasteiger partial charge in [0.1, 0.15) is 11.5 Å². The van der Waals surface area contributed by atoms with Gasteiger partial charge in [-0.15, -0.1) is 0 Å². The summed E-state index contributed by atoms with van der Waals surface area (Å²) in [4.78, 5) is 35.5. The summed E-state index contributed by atoms with van der Waals surface area (Å²) < 4.78 is 12.5. The Labute approximate surface area is 250 Å². The second-order valence-corrected chi connectivity index (χ2v) is 11.1. The standard InChI is InChI=1S/C35H32N4O4/c1-35-27-12-8-7-11-26(27)33(40)39(35)31-22-24(13-16-30(31)38(35)18-17-23-9-5-4-6-10-23)32-36-28-21-25(34(41)43-3)14-15-29(28)37(32)19-20-42-2/h4-16,21-22H,17-20H2,1-3H3. The second-order valence-electron chi connectivity index (χ2n) is 11.1. The van der Waals surface area contributed by atoms with Gasteiger partial charge in [0.15, 0.2) is 0 Å². The van der Waals surface area contributed by atoms with Crippen molar-refractivity contribution in [2.24, 2.45) is 0 Å². The third-order valence-corrected chi connectivity index (χ3v) is 8.75. The maximum absolute atomic E-state index is 14.0. The first-order valence-corrected chi connectivity index (χ1v) is 14.4. The van der Waals surface area contributed by atoms with Crippen molar-refractivity contribution in [3.63, 3.8) is 0 Å². The van der Waals surface area contributed by atoms with Gasteiger partial charge >= 0.3 is 5.97 Å². The lowest BCUT2D eigenvalue weighted by atomic mass is 9.98. The molecule has 43 heavy (non-hydrogen) atoms. The van der Waals surface area contributed by atoms with Crippen molar-refractivity contribution >= 4 is 34.3 Å². The lowest BCUT2D eigenvalue weighted by Gasteiger charge is -2.38. The molecule has 0 radical (unpaired) electrons. The van der Waals surface area contributed by atoms with Crippen LogP contribution < -0.4 is 9.80 Å². The molecule has 5 aromatic rings. The van der Waals surface area contributed by atoms with Crippen LogP contribution in [0.4, 0.5) is 11.4 Å². The van der Waals surface area contributed by atoms with Crippen LogP contribution in [0.2, 0.25) is 0 Å². The van der Waals surface area contributed by atoms with E-state index < -0.39 is 11.6 Å². The molecule has 0 bridgehead atoms. The maximum Gasteiger partial charge on any atom is 0.337 e. The minimum atomic E-state index is -0.658. The van der Waals surface area contributed by atoms with Gasteiger partial charge in [-0.1, -0.05) is 48.5 Å². The summed E-state index contributed by atoms with van der Waals surface area (Å²) in [5, 5.41) is 0. The zero-order valence-corrected chi connectivity index (χ0v) is 24.4. The van der Waals surface area contributed by atoms with Gasteiger partial charge in [0.2, 0.25) is 0 Å². The normalized spacial score (nSPS) is 16.9. The van der Waals surface area contributed by atoms with Crippen LogP contribution in [-0.4, -0.2) is 48.8 Å². The molecule has 1 amide bonds. The molecule has 1 aromatic heterocycles. The van der Waals surface area contributed by atoms with Crippen LogP contribution in [0.1, 0.15) is 38.8 Å². The van der Waals surface area contributed by atoms with Crippen LogP contribution in [0.25, 0.3) is 22.4 Å². The molecule has 0 spiro atoms. The van der Waals surface area contributed by atoms with E-state index in [1.807, 2.05) is 35.2 Å². The molecule has 0 aliphatic carbocycles. The number of esters is 1. The Bertz CT molecular complexity index is 1880. The first-order valence-electron chi connectivity index (χ1n) is 14.4. The maximum atomic E-state index is 14.0. The number of anilines is 2. The number of methoxy groups -OCH3 is 2. The number of benzene rings is 4. The summed E-state index contributed by atoms with van der Waals surface area (Å²) in [5.41, 5.74) is 7.09. The third kappa shape index (κ3) is 4.12. The Morgan fingerprint density at radius 2 is 1.67 bits per heavy atom. The van der Waals surface area contributed by atoms with E-state index in [1.54, 1.807) is 19.2 Å². The molecular formula is C35H32N4O4. The molecule has 0 saturated heterocycles. The van der Waals surface area contributed by atoms with Crippen molar-refractivity contribution in [2.75, 3.05) is 37.2 Å². The van der Waals surface area contributed by atoms with Crippen LogP contribution in [0.5, 0.6) is 0 Å². The first kappa shape index (κ1) is 26.9. The van der Waals surface area contributed by atoms with Gasteiger partial charge in [0.25, 0.3) is 5.91 Å². The summed E-state index contributed by atoms with van der Waals surface area (Å²) in [7, 11) is 3.04. The number of nitrogens with zero attached hydrogens (tertiary/aromatic N) is 4. The van der Waals surface area contributed by atoms with E-state index in [1.165, 1.54) is 12.7 Å². The molecule has 0 fully saturated rings. The van der Waals surface area contributed by atoms with Crippen LogP contribution in [0.15, 0.2) is 91.0 Å². The van der Waals surface area contributed by atoms with Crippen LogP contribution in [0, 0.1) is 0 Å². The monoisotopic (exact) mass is 572 g/mol. The van der Waals surface area contributed by atoms with Crippen molar-refractivity contribution in [1.82, 2.24) is 9.55 Å². The number of aromatic nitrogens is 2. The fourth-order valence-corrected chi connectivity index (χ4v) is 6.66. The highest BCUT2D eigenvalue weighted by Gasteiger charge is 2.56. The van der Waals surface area contributed by atoms with Crippen molar-refractivity contribution in [2.45, 2.75) is 25.6 Å². The molecule has 1 unspecified atom stereocenters. The highest BCUT2D eigenvalue weighted by molar-refractivity contribution is 6.16. The molecule has 3 heterocycles. The number of imidazole rings is 1. The Balaban J connectivity index is 1.36. The van der Waals surface area contributed by atoms with E-state index in [4.69, 9.17) is 14.5 Å². The minimum Gasteiger partial charge on any atom is -0.465 e. The zero-order chi connectivity index (χ0) is 29.7. The predicted molar refractivity (Wildman–Crippen MR) is 166 cm³/mol. The van der Waals surface area contributed by atoms with Gasteiger partial charge in [-0.25, -0.2) is 9.78 Å². The van der Waals surface area contributed by atoms with E-state index >= 15 is 0 Å². The fourth-order valence-electron chi connectivity index (χ4n) is 6.66. The molecule has 2 aliphatic rings. The summed E-state index contributed by atoms with van der Waals surface area (Å²) in [6.45, 7) is 3.95. The molecule has 0 N–H and O–H groups in total. The lowest BCUT2D eigenvalue weighted by Crippen LogP contribution is -2.50. The van der Waals surface area contributed by atoms with E-state index in [0.717, 1.165) is 52.4 Å². The number of hydrogen-bond acceptors (Lipinski definition) is 6. The molecule has 2 aliphatic heterocycles. The number of amides is 1. The van der Waals surface area contributed by atoms with Gasteiger partial charge in [0.05, 0.1) is 41.7 Å². The van der Waals surface area contributed by atoms with Gasteiger partial charge in [-0.2, -0.15) is 0 Å². The Morgan fingerprint density at radius 1 is 0.884 bits per heavy atom. The number of carbonyl (C=O) groups excluding carboxylic acids is 2. The number of carbonyl (C=O) groups is 2. The molecule has 4 aromatic carbocycles. The molecule has 7 rings (SSSR count). The fraction of sp³-hybridized carbons (Fsp3) is 0.229. The van der Waals surface area contributed by atoms with Gasteiger partial charge < -0.3 is 18.9 Å². The van der Waals surface area contributed by atoms with Gasteiger partial charge in [0, 0.05) is 36.9 Å². The smallest absolute Gasteiger partial charge is 0.337 e. The number of ether oxygens (including phenoxy) is 2. The Kier molecular flexibility index (Phi) is 6.51. The molecular weight excluding hydrogens is 540 g/mol. The highest BCUT2D eigenvalue weighted by atomic mass is 16.5. The van der Waals surface area contributed by atoms with Crippen LogP contribution in [-0.2, 0) is 28.1 Å². The Morgan fingerprint density at radius 3 is 2.47 bits per heavy atom. The third-order valence-electron chi connectivity index (χ3n) is 8.75. The molecule has 1 atom stereocenters. The minimum absolute atomic E-state index is 0.00526. The topological polar surface area (TPSA) is 76.9 Å². The highest BCUT2D eigenvalue weighted by Crippen LogP contribution is 2.55. The van der Waals surface area contributed by atoms with Crippen LogP contribution in [0.3, 0.4) is 0 Å². The summed E-state index contributed by atoms with van der Waals surface area (Å²) in [5.74, 6) is 0.328. The largest absolute Gasteiger partial charge is 0.465 e. The van der Waals surface area contributed by atoms with Crippen molar-refractivity contribution in [1.29, 1.82) is 0 Å². The zero-order valence-electron chi connectivity index (χ0n) is 24.4. The first-order chi connectivity index (χ1) is 21.0. The molecule has 0 saturated carbocycles. The predicted octanol–water partition coefficient (Wildman–Crippen LogP) is 6.03. The van der Waals surface area contributed by atoms with Gasteiger partial charge in [-0.3, -0.25) is 9.69 Å². The molecule has 8 heteroatoms. The van der Waals surface area contributed by atoms with Crippen molar-refractivity contribution < 1.29 is 19.1 Å². The Hall–Kier alpha value is -4.95. The average molecular weight is 573 g/mol. The summed E-state index contributed by atoms with van der Waals surface area (Å²) in [6.07, 6.45) is 0.844. The second kappa shape index (κ2) is 10.4. The summed E-state index contributed by atoms with van der Waals surface area (Å²) in [6, 6.07) is 30.0. The average Bonchev–Trinajstić information content (AvgIpc) is 3.61. The SMILES string of the molecule is COCCn1c(-c2ccc3c(c2)N2C(=O)c4ccccc4C2(C)N3CCc2ccccc2)nc2cc(C(=O)OC)ccc21. The van der Waals surface area contributed by atoms with E-state index in [0.29, 0.717) is 24.2 Å². The van der Waals surface area contributed by atoms with E-state index in [-0.39, 0.29) is 5.91 Å². The molecule has 216 valence electrons. The lowest BCUT2D eigenvalue weighted by molar-refractivity contribution is 0.0600. The van der Waals surface area contributed by atoms with Gasteiger partial charge in [-0.05, 0) is 61.4 Å². The number of rotatable bonds is 8. The van der Waals surface area contributed by atoms with E-state index in [9.17, 15) is 9.59 Å². The molecule has 8 nitrogen and oxygen atoms in total. The number of fused-ring (bicyclic) bond motifs is 6. The number of hydrogen-bond donors (Lipinski definition) is 0. The van der Waals surface area contributed by atoms with Crippen molar-refractivity contribution in [3.05, 3.63) is 113 Å². The quantitative estimate of drug-likeness (QED) is 0.211.